The Hall–Kier alpha value is -3.68. The number of para-hydroxylation sites is 1. The highest BCUT2D eigenvalue weighted by molar-refractivity contribution is 7.85. The maximum Gasteiger partial charge on any atom is 0.175 e. The van der Waals surface area contributed by atoms with Gasteiger partial charge in [0.25, 0.3) is 0 Å². The molecule has 3 nitrogen and oxygen atoms in total. The van der Waals surface area contributed by atoms with E-state index in [0.717, 1.165) is 51.4 Å². The van der Waals surface area contributed by atoms with Crippen molar-refractivity contribution in [2.45, 2.75) is 25.7 Å². The van der Waals surface area contributed by atoms with Gasteiger partial charge in [-0.3, -0.25) is 0 Å². The predicted molar refractivity (Wildman–Crippen MR) is 145 cm³/mol. The van der Waals surface area contributed by atoms with Crippen LogP contribution in [-0.2, 0) is 11.0 Å². The lowest BCUT2D eigenvalue weighted by molar-refractivity contribution is 0.588. The Morgan fingerprint density at radius 2 is 1.31 bits per heavy atom. The molecule has 4 aromatic carbocycles. The van der Waals surface area contributed by atoms with Crippen LogP contribution in [0.3, 0.4) is 0 Å². The molecule has 1 aliphatic rings. The fraction of sp³-hybridized carbons (Fsp3) is 0.129. The van der Waals surface area contributed by atoms with Crippen molar-refractivity contribution < 1.29 is 4.57 Å². The van der Waals surface area contributed by atoms with Gasteiger partial charge < -0.3 is 4.57 Å². The molecule has 0 N–H and O–H groups in total. The van der Waals surface area contributed by atoms with E-state index >= 15 is 4.57 Å². The van der Waals surface area contributed by atoms with E-state index in [2.05, 4.69) is 48.0 Å². The Balaban J connectivity index is 1.74. The first-order valence-corrected chi connectivity index (χ1v) is 13.9. The summed E-state index contributed by atoms with van der Waals surface area (Å²) in [6, 6.07) is 38.6. The summed E-state index contributed by atoms with van der Waals surface area (Å²) in [7, 11) is -3.22. The Morgan fingerprint density at radius 1 is 0.771 bits per heavy atom. The van der Waals surface area contributed by atoms with E-state index in [9.17, 15) is 0 Å². The van der Waals surface area contributed by atoms with E-state index < -0.39 is 7.14 Å². The fourth-order valence-electron chi connectivity index (χ4n) is 5.36. The quantitative estimate of drug-likeness (QED) is 0.283. The molecule has 172 valence electrons. The molecule has 4 heteroatoms. The maximum atomic E-state index is 15.6. The topological polar surface area (TPSA) is 34.9 Å². The fourth-order valence-corrected chi connectivity index (χ4v) is 8.38. The van der Waals surface area contributed by atoms with Gasteiger partial charge in [-0.2, -0.15) is 5.10 Å². The van der Waals surface area contributed by atoms with Gasteiger partial charge >= 0.3 is 0 Å². The van der Waals surface area contributed by atoms with Gasteiger partial charge in [-0.25, -0.2) is 4.68 Å². The Bertz CT molecular complexity index is 1480. The van der Waals surface area contributed by atoms with E-state index in [1.807, 2.05) is 78.9 Å². The molecule has 35 heavy (non-hydrogen) atoms. The average Bonchev–Trinajstić information content (AvgIpc) is 3.34. The molecule has 1 aliphatic heterocycles. The van der Waals surface area contributed by atoms with Gasteiger partial charge in [0.1, 0.15) is 5.69 Å². The van der Waals surface area contributed by atoms with E-state index in [1.54, 1.807) is 0 Å². The van der Waals surface area contributed by atoms with Crippen molar-refractivity contribution in [3.05, 3.63) is 127 Å². The van der Waals surface area contributed by atoms with Crippen LogP contribution in [-0.4, -0.2) is 9.78 Å². The molecule has 5 aromatic rings. The van der Waals surface area contributed by atoms with Gasteiger partial charge in [0.05, 0.1) is 16.7 Å². The Morgan fingerprint density at radius 3 is 1.91 bits per heavy atom. The molecule has 0 bridgehead atoms. The van der Waals surface area contributed by atoms with Crippen molar-refractivity contribution in [3.63, 3.8) is 0 Å². The summed E-state index contributed by atoms with van der Waals surface area (Å²) in [5.41, 5.74) is 5.26. The highest BCUT2D eigenvalue weighted by atomic mass is 31.2. The molecule has 1 atom stereocenters. The number of rotatable bonds is 5. The van der Waals surface area contributed by atoms with Crippen molar-refractivity contribution in [2.24, 2.45) is 0 Å². The Kier molecular flexibility index (Phi) is 5.51. The highest BCUT2D eigenvalue weighted by Gasteiger charge is 2.40. The first-order valence-electron chi connectivity index (χ1n) is 12.2. The molecule has 6 rings (SSSR count). The zero-order valence-electron chi connectivity index (χ0n) is 19.7. The molecular weight excluding hydrogens is 447 g/mol. The minimum absolute atomic E-state index is 0.359. The number of benzene rings is 4. The number of hydrogen-bond acceptors (Lipinski definition) is 2. The van der Waals surface area contributed by atoms with E-state index in [-0.39, 0.29) is 0 Å². The third kappa shape index (κ3) is 3.50. The van der Waals surface area contributed by atoms with Crippen molar-refractivity contribution in [3.8, 4) is 16.9 Å². The van der Waals surface area contributed by atoms with Crippen molar-refractivity contribution >= 4 is 23.1 Å². The molecule has 0 spiro atoms. The minimum Gasteiger partial charge on any atom is -0.308 e. The third-order valence-corrected chi connectivity index (χ3v) is 10.2. The van der Waals surface area contributed by atoms with Crippen LogP contribution < -0.4 is 15.9 Å². The molecule has 0 radical (unpaired) electrons. The van der Waals surface area contributed by atoms with Crippen LogP contribution in [0.5, 0.6) is 0 Å². The van der Waals surface area contributed by atoms with Crippen molar-refractivity contribution in [1.29, 1.82) is 0 Å². The van der Waals surface area contributed by atoms with Gasteiger partial charge in [0, 0.05) is 16.2 Å². The largest absolute Gasteiger partial charge is 0.308 e. The summed E-state index contributed by atoms with van der Waals surface area (Å²) in [5, 5.41) is 7.74. The first-order chi connectivity index (χ1) is 17.2. The molecule has 1 unspecified atom stereocenters. The maximum absolute atomic E-state index is 15.6. The smallest absolute Gasteiger partial charge is 0.175 e. The summed E-state index contributed by atoms with van der Waals surface area (Å²) in [4.78, 5) is 0. The normalized spacial score (nSPS) is 14.8. The SMILES string of the molecule is CCC1Cc2c(P(=O)(c3ccccc3)c3ccccc3)c(-c3ccccc3)nn2-c2ccccc21. The van der Waals surface area contributed by atoms with Crippen LogP contribution in [0.1, 0.15) is 30.5 Å². The second-order valence-electron chi connectivity index (χ2n) is 9.07. The molecule has 0 saturated carbocycles. The monoisotopic (exact) mass is 474 g/mol. The first kappa shape index (κ1) is 21.8. The van der Waals surface area contributed by atoms with Crippen molar-refractivity contribution in [1.82, 2.24) is 9.78 Å². The van der Waals surface area contributed by atoms with Crippen LogP contribution in [0, 0.1) is 0 Å². The molecule has 0 aliphatic carbocycles. The summed E-state index contributed by atoms with van der Waals surface area (Å²) < 4.78 is 17.7. The van der Waals surface area contributed by atoms with Gasteiger partial charge in [-0.15, -0.1) is 0 Å². The van der Waals surface area contributed by atoms with E-state index in [0.29, 0.717) is 5.92 Å². The standard InChI is InChI=1S/C31H27N2OP/c1-2-23-22-29-31(35(34,25-16-8-4-9-17-25)26-18-10-5-11-19-26)30(24-14-6-3-7-15-24)32-33(29)28-21-13-12-20-27(23)28/h3-21,23H,2,22H2,1H3. The zero-order valence-corrected chi connectivity index (χ0v) is 20.6. The summed E-state index contributed by atoms with van der Waals surface area (Å²) in [6.45, 7) is 2.24. The van der Waals surface area contributed by atoms with Crippen LogP contribution in [0.15, 0.2) is 115 Å². The second kappa shape index (κ2) is 8.83. The lowest BCUT2D eigenvalue weighted by atomic mass is 9.88. The molecule has 1 aromatic heterocycles. The van der Waals surface area contributed by atoms with Crippen LogP contribution in [0.25, 0.3) is 16.9 Å². The zero-order chi connectivity index (χ0) is 23.8. The summed E-state index contributed by atoms with van der Waals surface area (Å²) in [6.07, 6.45) is 1.83. The van der Waals surface area contributed by atoms with Gasteiger partial charge in [-0.05, 0) is 30.4 Å². The molecular formula is C31H27N2OP. The average molecular weight is 475 g/mol. The van der Waals surface area contributed by atoms with Gasteiger partial charge in [0.15, 0.2) is 7.14 Å². The van der Waals surface area contributed by atoms with Gasteiger partial charge in [0.2, 0.25) is 0 Å². The summed E-state index contributed by atoms with van der Waals surface area (Å²) >= 11 is 0. The van der Waals surface area contributed by atoms with E-state index in [4.69, 9.17) is 5.10 Å². The molecule has 0 saturated heterocycles. The van der Waals surface area contributed by atoms with E-state index in [1.165, 1.54) is 5.56 Å². The molecule has 2 heterocycles. The number of nitrogens with zero attached hydrogens (tertiary/aromatic N) is 2. The highest BCUT2D eigenvalue weighted by Crippen LogP contribution is 2.48. The number of aromatic nitrogens is 2. The van der Waals surface area contributed by atoms with Crippen LogP contribution in [0.2, 0.25) is 0 Å². The molecule has 0 fully saturated rings. The predicted octanol–water partition coefficient (Wildman–Crippen LogP) is 6.23. The van der Waals surface area contributed by atoms with Gasteiger partial charge in [-0.1, -0.05) is 116 Å². The number of hydrogen-bond donors (Lipinski definition) is 0. The van der Waals surface area contributed by atoms with Crippen molar-refractivity contribution in [2.75, 3.05) is 0 Å². The third-order valence-electron chi connectivity index (χ3n) is 7.09. The molecule has 0 amide bonds. The summed E-state index contributed by atoms with van der Waals surface area (Å²) in [5.74, 6) is 0.359. The Labute approximate surface area is 206 Å². The lowest BCUT2D eigenvalue weighted by Gasteiger charge is -2.28. The second-order valence-corrected chi connectivity index (χ2v) is 11.8. The van der Waals surface area contributed by atoms with Crippen LogP contribution in [0.4, 0.5) is 0 Å². The number of fused-ring (bicyclic) bond motifs is 3. The minimum atomic E-state index is -3.22. The lowest BCUT2D eigenvalue weighted by Crippen LogP contribution is -2.30. The van der Waals surface area contributed by atoms with Crippen LogP contribution >= 0.6 is 7.14 Å².